The number of carboxylic acids is 1. The first-order chi connectivity index (χ1) is 9.95. The van der Waals surface area contributed by atoms with Crippen LogP contribution in [0.25, 0.3) is 10.9 Å². The minimum atomic E-state index is -1.44. The van der Waals surface area contributed by atoms with Gasteiger partial charge in [0.15, 0.2) is 11.6 Å². The standard InChI is InChI=1S/C14H11F2NO4/c15-9-3-10-11(8(5-18)12(9)16)13(19)7(14(20)21)4-17(10)6-1-2-6/h3-4,6,18H,1-2,5H2,(H,20,21). The number of carboxylic acid groups (broad SMARTS) is 1. The summed E-state index contributed by atoms with van der Waals surface area (Å²) in [4.78, 5) is 23.4. The number of aromatic carboxylic acids is 1. The maximum absolute atomic E-state index is 13.8. The Morgan fingerprint density at radius 3 is 2.57 bits per heavy atom. The van der Waals surface area contributed by atoms with Crippen LogP contribution in [-0.2, 0) is 6.61 Å². The summed E-state index contributed by atoms with van der Waals surface area (Å²) in [7, 11) is 0. The quantitative estimate of drug-likeness (QED) is 0.905. The van der Waals surface area contributed by atoms with Crippen molar-refractivity contribution in [1.82, 2.24) is 4.57 Å². The molecule has 1 aliphatic rings. The predicted octanol–water partition coefficient (Wildman–Crippen LogP) is 1.81. The van der Waals surface area contributed by atoms with Gasteiger partial charge in [0.2, 0.25) is 5.43 Å². The summed E-state index contributed by atoms with van der Waals surface area (Å²) < 4.78 is 28.9. The highest BCUT2D eigenvalue weighted by molar-refractivity contribution is 5.93. The molecule has 1 saturated carbocycles. The van der Waals surface area contributed by atoms with E-state index >= 15 is 0 Å². The Kier molecular flexibility index (Phi) is 3.02. The van der Waals surface area contributed by atoms with Crippen LogP contribution in [-0.4, -0.2) is 20.7 Å². The molecule has 5 nitrogen and oxygen atoms in total. The van der Waals surface area contributed by atoms with Gasteiger partial charge in [-0.25, -0.2) is 13.6 Å². The van der Waals surface area contributed by atoms with Gasteiger partial charge < -0.3 is 14.8 Å². The lowest BCUT2D eigenvalue weighted by Crippen LogP contribution is -2.21. The smallest absolute Gasteiger partial charge is 0.341 e. The van der Waals surface area contributed by atoms with Crippen molar-refractivity contribution in [2.24, 2.45) is 0 Å². The lowest BCUT2D eigenvalue weighted by Gasteiger charge is -2.14. The first-order valence-electron chi connectivity index (χ1n) is 6.35. The first-order valence-corrected chi connectivity index (χ1v) is 6.35. The Balaban J connectivity index is 2.53. The topological polar surface area (TPSA) is 79.5 Å². The van der Waals surface area contributed by atoms with Crippen LogP contribution in [0.1, 0.15) is 34.8 Å². The summed E-state index contributed by atoms with van der Waals surface area (Å²) in [6.45, 7) is -0.886. The molecule has 1 heterocycles. The van der Waals surface area contributed by atoms with Gasteiger partial charge in [-0.3, -0.25) is 4.79 Å². The van der Waals surface area contributed by atoms with E-state index in [0.717, 1.165) is 25.1 Å². The largest absolute Gasteiger partial charge is 0.477 e. The molecule has 0 unspecified atom stereocenters. The van der Waals surface area contributed by atoms with Crippen molar-refractivity contribution in [2.45, 2.75) is 25.5 Å². The number of aliphatic hydroxyl groups excluding tert-OH is 1. The van der Waals surface area contributed by atoms with E-state index in [-0.39, 0.29) is 16.9 Å². The zero-order valence-electron chi connectivity index (χ0n) is 10.8. The third kappa shape index (κ3) is 2.01. The van der Waals surface area contributed by atoms with E-state index in [1.807, 2.05) is 0 Å². The molecule has 1 aromatic carbocycles. The van der Waals surface area contributed by atoms with Crippen molar-refractivity contribution in [3.63, 3.8) is 0 Å². The van der Waals surface area contributed by atoms with Gasteiger partial charge in [-0.15, -0.1) is 0 Å². The van der Waals surface area contributed by atoms with E-state index in [4.69, 9.17) is 5.11 Å². The molecule has 0 bridgehead atoms. The lowest BCUT2D eigenvalue weighted by atomic mass is 10.0. The molecule has 0 aliphatic heterocycles. The number of aromatic nitrogens is 1. The monoisotopic (exact) mass is 295 g/mol. The van der Waals surface area contributed by atoms with Gasteiger partial charge in [0.05, 0.1) is 17.5 Å². The van der Waals surface area contributed by atoms with Gasteiger partial charge in [0, 0.05) is 23.9 Å². The number of hydrogen-bond acceptors (Lipinski definition) is 3. The molecule has 3 rings (SSSR count). The number of fused-ring (bicyclic) bond motifs is 1. The molecule has 1 fully saturated rings. The summed E-state index contributed by atoms with van der Waals surface area (Å²) in [5.74, 6) is -3.94. The van der Waals surface area contributed by atoms with Crippen LogP contribution in [0.15, 0.2) is 17.1 Å². The van der Waals surface area contributed by atoms with Crippen LogP contribution in [0.3, 0.4) is 0 Å². The maximum atomic E-state index is 13.8. The molecule has 21 heavy (non-hydrogen) atoms. The van der Waals surface area contributed by atoms with Crippen molar-refractivity contribution in [3.05, 3.63) is 45.2 Å². The number of benzene rings is 1. The maximum Gasteiger partial charge on any atom is 0.341 e. The summed E-state index contributed by atoms with van der Waals surface area (Å²) in [5, 5.41) is 18.1. The number of nitrogens with zero attached hydrogens (tertiary/aromatic N) is 1. The van der Waals surface area contributed by atoms with Crippen LogP contribution in [0.5, 0.6) is 0 Å². The second-order valence-electron chi connectivity index (χ2n) is 5.02. The highest BCUT2D eigenvalue weighted by Crippen LogP contribution is 2.37. The molecular weight excluding hydrogens is 284 g/mol. The highest BCUT2D eigenvalue weighted by Gasteiger charge is 2.29. The minimum Gasteiger partial charge on any atom is -0.477 e. The van der Waals surface area contributed by atoms with E-state index in [2.05, 4.69) is 0 Å². The summed E-state index contributed by atoms with van der Waals surface area (Å²) >= 11 is 0. The molecule has 2 aromatic rings. The Hall–Kier alpha value is -2.28. The molecule has 0 amide bonds. The number of halogens is 2. The van der Waals surface area contributed by atoms with Gasteiger partial charge in [-0.2, -0.15) is 0 Å². The van der Waals surface area contributed by atoms with Gasteiger partial charge in [0.25, 0.3) is 0 Å². The molecule has 7 heteroatoms. The zero-order valence-corrected chi connectivity index (χ0v) is 10.8. The van der Waals surface area contributed by atoms with Gasteiger partial charge >= 0.3 is 5.97 Å². The van der Waals surface area contributed by atoms with Crippen LogP contribution < -0.4 is 5.43 Å². The average molecular weight is 295 g/mol. The molecule has 0 radical (unpaired) electrons. The Bertz CT molecular complexity index is 824. The van der Waals surface area contributed by atoms with Gasteiger partial charge in [0.1, 0.15) is 5.56 Å². The Labute approximate surface area is 117 Å². The SMILES string of the molecule is O=C(O)c1cn(C2CC2)c2cc(F)c(F)c(CO)c2c1=O. The number of carbonyl (C=O) groups is 1. The Morgan fingerprint density at radius 2 is 2.05 bits per heavy atom. The fourth-order valence-corrected chi connectivity index (χ4v) is 2.48. The fraction of sp³-hybridized carbons (Fsp3) is 0.286. The molecule has 0 spiro atoms. The summed E-state index contributed by atoms with van der Waals surface area (Å²) in [5.41, 5.74) is -1.84. The second-order valence-corrected chi connectivity index (χ2v) is 5.02. The molecule has 1 aromatic heterocycles. The molecule has 2 N–H and O–H groups in total. The summed E-state index contributed by atoms with van der Waals surface area (Å²) in [6, 6.07) is 0.831. The number of rotatable bonds is 3. The third-order valence-electron chi connectivity index (χ3n) is 3.64. The molecular formula is C14H11F2NO4. The second kappa shape index (κ2) is 4.63. The van der Waals surface area contributed by atoms with Crippen LogP contribution in [0.2, 0.25) is 0 Å². The van der Waals surface area contributed by atoms with Crippen LogP contribution in [0.4, 0.5) is 8.78 Å². The minimum absolute atomic E-state index is 0.0393. The van der Waals surface area contributed by atoms with E-state index in [1.54, 1.807) is 0 Å². The van der Waals surface area contributed by atoms with Crippen molar-refractivity contribution in [1.29, 1.82) is 0 Å². The van der Waals surface area contributed by atoms with E-state index < -0.39 is 40.8 Å². The Morgan fingerprint density at radius 1 is 1.38 bits per heavy atom. The van der Waals surface area contributed by atoms with E-state index in [1.165, 1.54) is 4.57 Å². The van der Waals surface area contributed by atoms with Crippen molar-refractivity contribution in [2.75, 3.05) is 0 Å². The van der Waals surface area contributed by atoms with Gasteiger partial charge in [-0.05, 0) is 12.8 Å². The van der Waals surface area contributed by atoms with Crippen molar-refractivity contribution < 1.29 is 23.8 Å². The highest BCUT2D eigenvalue weighted by atomic mass is 19.2. The summed E-state index contributed by atoms with van der Waals surface area (Å²) in [6.07, 6.45) is 2.69. The van der Waals surface area contributed by atoms with Crippen LogP contribution >= 0.6 is 0 Å². The third-order valence-corrected chi connectivity index (χ3v) is 3.64. The van der Waals surface area contributed by atoms with E-state index in [0.29, 0.717) is 0 Å². The first kappa shape index (κ1) is 13.7. The lowest BCUT2D eigenvalue weighted by molar-refractivity contribution is 0.0695. The number of aliphatic hydroxyl groups is 1. The molecule has 1 aliphatic carbocycles. The molecule has 0 atom stereocenters. The fourth-order valence-electron chi connectivity index (χ4n) is 2.48. The zero-order chi connectivity index (χ0) is 15.3. The van der Waals surface area contributed by atoms with Crippen molar-refractivity contribution in [3.8, 4) is 0 Å². The molecule has 0 saturated heterocycles. The average Bonchev–Trinajstić information content (AvgIpc) is 3.25. The van der Waals surface area contributed by atoms with Crippen LogP contribution in [0, 0.1) is 11.6 Å². The van der Waals surface area contributed by atoms with Crippen molar-refractivity contribution >= 4 is 16.9 Å². The molecule has 110 valence electrons. The number of hydrogen-bond donors (Lipinski definition) is 2. The normalized spacial score (nSPS) is 14.6. The predicted molar refractivity (Wildman–Crippen MR) is 69.3 cm³/mol. The number of pyridine rings is 1. The van der Waals surface area contributed by atoms with Gasteiger partial charge in [-0.1, -0.05) is 0 Å². The van der Waals surface area contributed by atoms with E-state index in [9.17, 15) is 23.5 Å².